The van der Waals surface area contributed by atoms with E-state index in [1.54, 1.807) is 6.07 Å². The SMILES string of the molecule is CCN(CC)c1ccc(CNCCc2ccc(Cl)cc2Cl)cc1.Cl.Cl. The number of benzene rings is 2. The van der Waals surface area contributed by atoms with E-state index in [1.807, 2.05) is 12.1 Å². The van der Waals surface area contributed by atoms with E-state index in [0.717, 1.165) is 43.2 Å². The molecule has 140 valence electrons. The Labute approximate surface area is 173 Å². The highest BCUT2D eigenvalue weighted by molar-refractivity contribution is 6.35. The number of nitrogens with one attached hydrogen (secondary N) is 1. The molecular weight excluding hydrogens is 398 g/mol. The van der Waals surface area contributed by atoms with Crippen LogP contribution in [-0.4, -0.2) is 19.6 Å². The predicted molar refractivity (Wildman–Crippen MR) is 116 cm³/mol. The predicted octanol–water partition coefficient (Wildman–Crippen LogP) is 6.02. The number of halogens is 4. The van der Waals surface area contributed by atoms with Crippen molar-refractivity contribution < 1.29 is 0 Å². The van der Waals surface area contributed by atoms with Crippen LogP contribution in [0.3, 0.4) is 0 Å². The molecule has 0 fully saturated rings. The van der Waals surface area contributed by atoms with Gasteiger partial charge in [-0.05, 0) is 62.2 Å². The van der Waals surface area contributed by atoms with Gasteiger partial charge in [0.2, 0.25) is 0 Å². The average Bonchev–Trinajstić information content (AvgIpc) is 2.55. The molecular formula is C19H26Cl4N2. The Hall–Kier alpha value is -0.640. The molecule has 0 aliphatic heterocycles. The second kappa shape index (κ2) is 12.7. The van der Waals surface area contributed by atoms with Gasteiger partial charge in [0.05, 0.1) is 0 Å². The molecule has 0 spiro atoms. The van der Waals surface area contributed by atoms with Gasteiger partial charge in [0.1, 0.15) is 0 Å². The third-order valence-corrected chi connectivity index (χ3v) is 4.57. The van der Waals surface area contributed by atoms with Crippen molar-refractivity contribution in [3.05, 3.63) is 63.6 Å². The third kappa shape index (κ3) is 7.64. The van der Waals surface area contributed by atoms with E-state index in [2.05, 4.69) is 48.3 Å². The molecule has 2 rings (SSSR count). The standard InChI is InChI=1S/C19H24Cl2N2.2ClH/c1-3-23(4-2)18-9-5-15(6-10-18)14-22-12-11-16-7-8-17(20)13-19(16)21;;/h5-10,13,22H,3-4,11-12,14H2,1-2H3;2*1H. The van der Waals surface area contributed by atoms with Crippen molar-refractivity contribution in [1.82, 2.24) is 5.32 Å². The Bertz CT molecular complexity index is 613. The van der Waals surface area contributed by atoms with Gasteiger partial charge in [0.15, 0.2) is 0 Å². The normalized spacial score (nSPS) is 9.92. The van der Waals surface area contributed by atoms with Gasteiger partial charge < -0.3 is 10.2 Å². The average molecular weight is 424 g/mol. The molecule has 6 heteroatoms. The minimum Gasteiger partial charge on any atom is -0.372 e. The molecule has 25 heavy (non-hydrogen) atoms. The van der Waals surface area contributed by atoms with E-state index in [9.17, 15) is 0 Å². The van der Waals surface area contributed by atoms with Crippen molar-refractivity contribution in [1.29, 1.82) is 0 Å². The Morgan fingerprint density at radius 1 is 0.920 bits per heavy atom. The third-order valence-electron chi connectivity index (χ3n) is 3.98. The van der Waals surface area contributed by atoms with Gasteiger partial charge in [-0.3, -0.25) is 0 Å². The second-order valence-corrected chi connectivity index (χ2v) is 6.34. The molecule has 0 aliphatic carbocycles. The summed E-state index contributed by atoms with van der Waals surface area (Å²) in [5.41, 5.74) is 3.70. The van der Waals surface area contributed by atoms with E-state index < -0.39 is 0 Å². The molecule has 0 amide bonds. The second-order valence-electron chi connectivity index (χ2n) is 5.50. The van der Waals surface area contributed by atoms with Gasteiger partial charge in [0.25, 0.3) is 0 Å². The highest BCUT2D eigenvalue weighted by Gasteiger charge is 2.03. The van der Waals surface area contributed by atoms with E-state index in [-0.39, 0.29) is 24.8 Å². The van der Waals surface area contributed by atoms with Gasteiger partial charge in [-0.15, -0.1) is 24.8 Å². The summed E-state index contributed by atoms with van der Waals surface area (Å²) in [7, 11) is 0. The van der Waals surface area contributed by atoms with Crippen LogP contribution in [0.1, 0.15) is 25.0 Å². The van der Waals surface area contributed by atoms with Crippen molar-refractivity contribution >= 4 is 53.7 Å². The van der Waals surface area contributed by atoms with Crippen molar-refractivity contribution in [3.63, 3.8) is 0 Å². The summed E-state index contributed by atoms with van der Waals surface area (Å²) in [6.45, 7) is 8.19. The molecule has 0 saturated heterocycles. The van der Waals surface area contributed by atoms with Crippen LogP contribution in [0, 0.1) is 0 Å². The molecule has 0 radical (unpaired) electrons. The van der Waals surface area contributed by atoms with Crippen LogP contribution in [0.25, 0.3) is 0 Å². The molecule has 0 bridgehead atoms. The number of hydrogen-bond donors (Lipinski definition) is 1. The monoisotopic (exact) mass is 422 g/mol. The van der Waals surface area contributed by atoms with Crippen molar-refractivity contribution in [2.45, 2.75) is 26.8 Å². The molecule has 2 aromatic carbocycles. The van der Waals surface area contributed by atoms with E-state index in [1.165, 1.54) is 11.3 Å². The first-order chi connectivity index (χ1) is 11.1. The van der Waals surface area contributed by atoms with E-state index in [4.69, 9.17) is 23.2 Å². The molecule has 0 unspecified atom stereocenters. The summed E-state index contributed by atoms with van der Waals surface area (Å²) in [6, 6.07) is 14.4. The topological polar surface area (TPSA) is 15.3 Å². The largest absolute Gasteiger partial charge is 0.372 e. The van der Waals surface area contributed by atoms with Crippen LogP contribution in [0.4, 0.5) is 5.69 Å². The van der Waals surface area contributed by atoms with Crippen LogP contribution < -0.4 is 10.2 Å². The summed E-state index contributed by atoms with van der Waals surface area (Å²) in [6.07, 6.45) is 0.896. The lowest BCUT2D eigenvalue weighted by Crippen LogP contribution is -2.21. The Morgan fingerprint density at radius 3 is 2.12 bits per heavy atom. The van der Waals surface area contributed by atoms with E-state index in [0.29, 0.717) is 5.02 Å². The molecule has 0 aliphatic rings. The van der Waals surface area contributed by atoms with Gasteiger partial charge in [-0.1, -0.05) is 41.4 Å². The lowest BCUT2D eigenvalue weighted by molar-refractivity contribution is 0.687. The first-order valence-corrected chi connectivity index (χ1v) is 8.88. The van der Waals surface area contributed by atoms with Crippen molar-refractivity contribution in [3.8, 4) is 0 Å². The molecule has 0 saturated carbocycles. The maximum Gasteiger partial charge on any atom is 0.0453 e. The zero-order chi connectivity index (χ0) is 16.7. The zero-order valence-electron chi connectivity index (χ0n) is 14.6. The molecule has 0 atom stereocenters. The summed E-state index contributed by atoms with van der Waals surface area (Å²) < 4.78 is 0. The van der Waals surface area contributed by atoms with Crippen molar-refractivity contribution in [2.24, 2.45) is 0 Å². The van der Waals surface area contributed by atoms with Gasteiger partial charge in [-0.2, -0.15) is 0 Å². The maximum atomic E-state index is 6.18. The number of anilines is 1. The highest BCUT2D eigenvalue weighted by atomic mass is 35.5. The molecule has 0 heterocycles. The van der Waals surface area contributed by atoms with Crippen molar-refractivity contribution in [2.75, 3.05) is 24.5 Å². The fourth-order valence-electron chi connectivity index (χ4n) is 2.59. The number of rotatable bonds is 8. The van der Waals surface area contributed by atoms with Crippen LogP contribution >= 0.6 is 48.0 Å². The Morgan fingerprint density at radius 2 is 1.56 bits per heavy atom. The minimum absolute atomic E-state index is 0. The molecule has 1 N–H and O–H groups in total. The maximum absolute atomic E-state index is 6.18. The first kappa shape index (κ1) is 24.4. The molecule has 0 aromatic heterocycles. The Kier molecular flexibility index (Phi) is 12.3. The Balaban J connectivity index is 0.00000288. The summed E-state index contributed by atoms with van der Waals surface area (Å²) in [4.78, 5) is 2.35. The number of nitrogens with zero attached hydrogens (tertiary/aromatic N) is 1. The lowest BCUT2D eigenvalue weighted by Gasteiger charge is -2.21. The molecule has 2 nitrogen and oxygen atoms in total. The first-order valence-electron chi connectivity index (χ1n) is 8.12. The summed E-state index contributed by atoms with van der Waals surface area (Å²) >= 11 is 12.1. The smallest absolute Gasteiger partial charge is 0.0453 e. The van der Waals surface area contributed by atoms with Gasteiger partial charge in [0, 0.05) is 35.4 Å². The fraction of sp³-hybridized carbons (Fsp3) is 0.368. The summed E-state index contributed by atoms with van der Waals surface area (Å²) in [5, 5.41) is 4.88. The number of hydrogen-bond acceptors (Lipinski definition) is 2. The fourth-order valence-corrected chi connectivity index (χ4v) is 3.10. The quantitative estimate of drug-likeness (QED) is 0.522. The van der Waals surface area contributed by atoms with E-state index >= 15 is 0 Å². The summed E-state index contributed by atoms with van der Waals surface area (Å²) in [5.74, 6) is 0. The minimum atomic E-state index is 0. The van der Waals surface area contributed by atoms with Crippen LogP contribution in [0.5, 0.6) is 0 Å². The highest BCUT2D eigenvalue weighted by Crippen LogP contribution is 2.21. The van der Waals surface area contributed by atoms with Gasteiger partial charge in [-0.25, -0.2) is 0 Å². The lowest BCUT2D eigenvalue weighted by atomic mass is 10.1. The van der Waals surface area contributed by atoms with Crippen LogP contribution in [0.2, 0.25) is 10.0 Å². The molecule has 2 aromatic rings. The van der Waals surface area contributed by atoms with Crippen LogP contribution in [0.15, 0.2) is 42.5 Å². The zero-order valence-corrected chi connectivity index (χ0v) is 17.7. The van der Waals surface area contributed by atoms with Gasteiger partial charge >= 0.3 is 0 Å². The van der Waals surface area contributed by atoms with Crippen LogP contribution in [-0.2, 0) is 13.0 Å².